The molecule has 0 bridgehead atoms. The van der Waals surface area contributed by atoms with Crippen molar-refractivity contribution in [2.24, 2.45) is 0 Å². The van der Waals surface area contributed by atoms with Gasteiger partial charge in [0.15, 0.2) is 0 Å². The molecule has 1 N–H and O–H groups in total. The molecule has 1 aromatic rings. The maximum absolute atomic E-state index is 6.22. The van der Waals surface area contributed by atoms with Gasteiger partial charge in [-0.15, -0.1) is 0 Å². The Kier molecular flexibility index (Phi) is 4.66. The van der Waals surface area contributed by atoms with Crippen LogP contribution in [0.1, 0.15) is 33.3 Å². The SMILES string of the molecule is CC(C)NCC(C)(C)c1ccc(Cl)cc1Cl. The zero-order valence-corrected chi connectivity index (χ0v) is 11.8. The largest absolute Gasteiger partial charge is 0.314 e. The van der Waals surface area contributed by atoms with E-state index in [0.717, 1.165) is 17.1 Å². The third kappa shape index (κ3) is 3.65. The minimum absolute atomic E-state index is 0.00590. The van der Waals surface area contributed by atoms with E-state index in [0.29, 0.717) is 11.1 Å². The van der Waals surface area contributed by atoms with Gasteiger partial charge in [0, 0.05) is 28.0 Å². The average Bonchev–Trinajstić information content (AvgIpc) is 2.14. The van der Waals surface area contributed by atoms with Crippen molar-refractivity contribution >= 4 is 23.2 Å². The number of halogens is 2. The van der Waals surface area contributed by atoms with Crippen LogP contribution in [0, 0.1) is 0 Å². The van der Waals surface area contributed by atoms with Gasteiger partial charge in [-0.05, 0) is 17.7 Å². The molecule has 1 nitrogen and oxygen atoms in total. The van der Waals surface area contributed by atoms with E-state index in [1.165, 1.54) is 0 Å². The quantitative estimate of drug-likeness (QED) is 0.852. The van der Waals surface area contributed by atoms with Crippen molar-refractivity contribution in [2.45, 2.75) is 39.2 Å². The van der Waals surface area contributed by atoms with Gasteiger partial charge in [0.25, 0.3) is 0 Å². The highest BCUT2D eigenvalue weighted by atomic mass is 35.5. The van der Waals surface area contributed by atoms with E-state index in [1.807, 2.05) is 12.1 Å². The van der Waals surface area contributed by atoms with Crippen molar-refractivity contribution in [3.8, 4) is 0 Å². The molecule has 0 radical (unpaired) electrons. The predicted molar refractivity (Wildman–Crippen MR) is 72.6 cm³/mol. The molecule has 0 heterocycles. The summed E-state index contributed by atoms with van der Waals surface area (Å²) >= 11 is 12.1. The summed E-state index contributed by atoms with van der Waals surface area (Å²) in [6, 6.07) is 6.17. The molecule has 0 fully saturated rings. The number of hydrogen-bond acceptors (Lipinski definition) is 1. The highest BCUT2D eigenvalue weighted by Crippen LogP contribution is 2.31. The molecule has 0 aromatic heterocycles. The number of hydrogen-bond donors (Lipinski definition) is 1. The van der Waals surface area contributed by atoms with Crippen molar-refractivity contribution in [1.29, 1.82) is 0 Å². The zero-order valence-electron chi connectivity index (χ0n) is 10.3. The van der Waals surface area contributed by atoms with Crippen molar-refractivity contribution < 1.29 is 0 Å². The van der Waals surface area contributed by atoms with Gasteiger partial charge in [-0.2, -0.15) is 0 Å². The van der Waals surface area contributed by atoms with Gasteiger partial charge in [-0.25, -0.2) is 0 Å². The molecule has 0 aliphatic rings. The third-order valence-electron chi connectivity index (χ3n) is 2.61. The average molecular weight is 260 g/mol. The van der Waals surface area contributed by atoms with E-state index in [2.05, 4.69) is 33.0 Å². The van der Waals surface area contributed by atoms with Gasteiger partial charge >= 0.3 is 0 Å². The van der Waals surface area contributed by atoms with E-state index in [9.17, 15) is 0 Å². The van der Waals surface area contributed by atoms with Gasteiger partial charge in [-0.3, -0.25) is 0 Å². The molecule has 3 heteroatoms. The highest BCUT2D eigenvalue weighted by molar-refractivity contribution is 6.35. The Labute approximate surface area is 108 Å². The lowest BCUT2D eigenvalue weighted by Crippen LogP contribution is -2.36. The van der Waals surface area contributed by atoms with Gasteiger partial charge in [0.05, 0.1) is 0 Å². The Morgan fingerprint density at radius 1 is 1.25 bits per heavy atom. The normalized spacial score (nSPS) is 12.2. The van der Waals surface area contributed by atoms with Crippen LogP contribution >= 0.6 is 23.2 Å². The lowest BCUT2D eigenvalue weighted by atomic mass is 9.84. The Morgan fingerprint density at radius 3 is 2.38 bits per heavy atom. The van der Waals surface area contributed by atoms with Crippen molar-refractivity contribution in [3.63, 3.8) is 0 Å². The molecule has 0 amide bonds. The summed E-state index contributed by atoms with van der Waals surface area (Å²) in [7, 11) is 0. The van der Waals surface area contributed by atoms with E-state index in [1.54, 1.807) is 6.07 Å². The summed E-state index contributed by atoms with van der Waals surface area (Å²) in [6.45, 7) is 9.53. The molecular weight excluding hydrogens is 241 g/mol. The number of nitrogens with one attached hydrogen (secondary N) is 1. The maximum atomic E-state index is 6.22. The van der Waals surface area contributed by atoms with Gasteiger partial charge in [0.2, 0.25) is 0 Å². The summed E-state index contributed by atoms with van der Waals surface area (Å²) in [5, 5.41) is 4.86. The molecule has 0 saturated carbocycles. The zero-order chi connectivity index (χ0) is 12.3. The van der Waals surface area contributed by atoms with Crippen molar-refractivity contribution in [2.75, 3.05) is 6.54 Å². The second kappa shape index (κ2) is 5.39. The predicted octanol–water partition coefficient (Wildman–Crippen LogP) is 4.27. The van der Waals surface area contributed by atoms with E-state index < -0.39 is 0 Å². The minimum Gasteiger partial charge on any atom is -0.314 e. The highest BCUT2D eigenvalue weighted by Gasteiger charge is 2.23. The van der Waals surface area contributed by atoms with Crippen LogP contribution in [0.4, 0.5) is 0 Å². The van der Waals surface area contributed by atoms with Crippen LogP contribution in [0.15, 0.2) is 18.2 Å². The smallest absolute Gasteiger partial charge is 0.0458 e. The lowest BCUT2D eigenvalue weighted by Gasteiger charge is -2.28. The Bertz CT molecular complexity index is 359. The summed E-state index contributed by atoms with van der Waals surface area (Å²) < 4.78 is 0. The maximum Gasteiger partial charge on any atom is 0.0458 e. The first kappa shape index (κ1) is 13.8. The number of benzene rings is 1. The van der Waals surface area contributed by atoms with Gasteiger partial charge < -0.3 is 5.32 Å². The van der Waals surface area contributed by atoms with Gasteiger partial charge in [-0.1, -0.05) is 57.0 Å². The van der Waals surface area contributed by atoms with E-state index in [4.69, 9.17) is 23.2 Å². The topological polar surface area (TPSA) is 12.0 Å². The molecule has 16 heavy (non-hydrogen) atoms. The first-order chi connectivity index (χ1) is 7.33. The first-order valence-corrected chi connectivity index (χ1v) is 6.27. The van der Waals surface area contributed by atoms with Crippen LogP contribution in [0.25, 0.3) is 0 Å². The first-order valence-electron chi connectivity index (χ1n) is 5.52. The number of rotatable bonds is 4. The summed E-state index contributed by atoms with van der Waals surface area (Å²) in [5.41, 5.74) is 1.14. The van der Waals surface area contributed by atoms with E-state index >= 15 is 0 Å². The van der Waals surface area contributed by atoms with Crippen LogP contribution < -0.4 is 5.32 Å². The van der Waals surface area contributed by atoms with Crippen LogP contribution in [0.2, 0.25) is 10.0 Å². The van der Waals surface area contributed by atoms with E-state index in [-0.39, 0.29) is 5.41 Å². The summed E-state index contributed by atoms with van der Waals surface area (Å²) in [4.78, 5) is 0. The summed E-state index contributed by atoms with van der Waals surface area (Å²) in [6.07, 6.45) is 0. The van der Waals surface area contributed by atoms with Crippen molar-refractivity contribution in [3.05, 3.63) is 33.8 Å². The third-order valence-corrected chi connectivity index (χ3v) is 3.16. The molecule has 90 valence electrons. The van der Waals surface area contributed by atoms with Crippen LogP contribution in [-0.4, -0.2) is 12.6 Å². The summed E-state index contributed by atoms with van der Waals surface area (Å²) in [5.74, 6) is 0. The molecule has 1 rings (SSSR count). The second-order valence-electron chi connectivity index (χ2n) is 5.04. The molecule has 0 unspecified atom stereocenters. The fraction of sp³-hybridized carbons (Fsp3) is 0.538. The Balaban J connectivity index is 2.88. The second-order valence-corrected chi connectivity index (χ2v) is 5.89. The Morgan fingerprint density at radius 2 is 1.88 bits per heavy atom. The standard InChI is InChI=1S/C13H19Cl2N/c1-9(2)16-8-13(3,4)11-6-5-10(14)7-12(11)15/h5-7,9,16H,8H2,1-4H3. The monoisotopic (exact) mass is 259 g/mol. The fourth-order valence-corrected chi connectivity index (χ4v) is 2.26. The molecule has 0 spiro atoms. The molecule has 1 aromatic carbocycles. The molecular formula is C13H19Cl2N. The van der Waals surface area contributed by atoms with Crippen LogP contribution in [0.3, 0.4) is 0 Å². The van der Waals surface area contributed by atoms with Crippen LogP contribution in [0.5, 0.6) is 0 Å². The minimum atomic E-state index is 0.00590. The van der Waals surface area contributed by atoms with Crippen molar-refractivity contribution in [1.82, 2.24) is 5.32 Å². The van der Waals surface area contributed by atoms with Gasteiger partial charge in [0.1, 0.15) is 0 Å². The molecule has 0 aliphatic carbocycles. The molecule has 0 atom stereocenters. The fourth-order valence-electron chi connectivity index (χ4n) is 1.59. The molecule has 0 aliphatic heterocycles. The van der Waals surface area contributed by atoms with Crippen LogP contribution in [-0.2, 0) is 5.41 Å². The molecule has 0 saturated heterocycles. The Hall–Kier alpha value is -0.240. The lowest BCUT2D eigenvalue weighted by molar-refractivity contribution is 0.441.